The summed E-state index contributed by atoms with van der Waals surface area (Å²) in [5, 5.41) is 2.53. The maximum Gasteiger partial charge on any atom is 0.237 e. The molecule has 0 aromatic heterocycles. The van der Waals surface area contributed by atoms with Crippen LogP contribution in [0.2, 0.25) is 0 Å². The van der Waals surface area contributed by atoms with Crippen molar-refractivity contribution in [1.29, 1.82) is 0 Å². The first-order valence-corrected chi connectivity index (χ1v) is 7.01. The minimum Gasteiger partial charge on any atom is -0.309 e. The monoisotopic (exact) mass is 274 g/mol. The van der Waals surface area contributed by atoms with E-state index in [1.165, 1.54) is 0 Å². The van der Waals surface area contributed by atoms with Crippen LogP contribution in [0.5, 0.6) is 0 Å². The van der Waals surface area contributed by atoms with Gasteiger partial charge in [-0.2, -0.15) is 0 Å². The second-order valence-electron chi connectivity index (χ2n) is 5.87. The van der Waals surface area contributed by atoms with Crippen molar-refractivity contribution in [3.05, 3.63) is 35.9 Å². The van der Waals surface area contributed by atoms with Crippen molar-refractivity contribution in [1.82, 2.24) is 10.2 Å². The van der Waals surface area contributed by atoms with E-state index >= 15 is 0 Å². The number of nitrogens with zero attached hydrogens (tertiary/aromatic N) is 1. The van der Waals surface area contributed by atoms with Gasteiger partial charge in [-0.15, -0.1) is 0 Å². The Hall–Kier alpha value is -1.68. The third kappa shape index (κ3) is 2.61. The van der Waals surface area contributed by atoms with Crippen LogP contribution < -0.4 is 5.32 Å². The number of hydrogen-bond acceptors (Lipinski definition) is 3. The highest BCUT2D eigenvalue weighted by atomic mass is 16.2. The van der Waals surface area contributed by atoms with Gasteiger partial charge in [-0.1, -0.05) is 37.3 Å². The van der Waals surface area contributed by atoms with Gasteiger partial charge in [0.2, 0.25) is 11.8 Å². The molecule has 2 rings (SSSR count). The highest BCUT2D eigenvalue weighted by Crippen LogP contribution is 2.40. The summed E-state index contributed by atoms with van der Waals surface area (Å²) < 4.78 is 0. The van der Waals surface area contributed by atoms with Crippen LogP contribution in [0.1, 0.15) is 25.3 Å². The van der Waals surface area contributed by atoms with E-state index in [9.17, 15) is 9.59 Å². The molecule has 1 saturated heterocycles. The first-order chi connectivity index (χ1) is 9.46. The molecule has 2 amide bonds. The molecular formula is C16H22N2O2. The van der Waals surface area contributed by atoms with E-state index in [4.69, 9.17) is 0 Å². The molecule has 1 aliphatic heterocycles. The number of hydrogen-bond donors (Lipinski definition) is 1. The van der Waals surface area contributed by atoms with Gasteiger partial charge in [-0.3, -0.25) is 14.9 Å². The lowest BCUT2D eigenvalue weighted by Gasteiger charge is -2.41. The quantitative estimate of drug-likeness (QED) is 0.848. The molecule has 2 unspecified atom stereocenters. The van der Waals surface area contributed by atoms with E-state index in [0.717, 1.165) is 12.1 Å². The third-order valence-corrected chi connectivity index (χ3v) is 4.23. The molecule has 2 atom stereocenters. The molecule has 1 N–H and O–H groups in total. The molecule has 20 heavy (non-hydrogen) atoms. The summed E-state index contributed by atoms with van der Waals surface area (Å²) in [6.07, 6.45) is 1.11. The second-order valence-corrected chi connectivity index (χ2v) is 5.87. The van der Waals surface area contributed by atoms with Gasteiger partial charge in [0.1, 0.15) is 0 Å². The lowest BCUT2D eigenvalue weighted by Crippen LogP contribution is -2.56. The van der Waals surface area contributed by atoms with Crippen molar-refractivity contribution in [2.45, 2.75) is 25.2 Å². The molecule has 0 saturated carbocycles. The summed E-state index contributed by atoms with van der Waals surface area (Å²) in [4.78, 5) is 26.3. The minimum atomic E-state index is -0.612. The number of nitrogens with one attached hydrogen (secondary N) is 1. The van der Waals surface area contributed by atoms with Crippen LogP contribution in [0, 0.1) is 5.92 Å². The number of rotatable bonds is 4. The summed E-state index contributed by atoms with van der Waals surface area (Å²) in [6, 6.07) is 9.81. The Morgan fingerprint density at radius 1 is 1.25 bits per heavy atom. The zero-order valence-electron chi connectivity index (χ0n) is 12.3. The van der Waals surface area contributed by atoms with Gasteiger partial charge in [0.05, 0.1) is 5.41 Å². The highest BCUT2D eigenvalue weighted by Gasteiger charge is 2.48. The van der Waals surface area contributed by atoms with Crippen molar-refractivity contribution in [2.24, 2.45) is 5.92 Å². The number of carbonyl (C=O) groups excluding carboxylic acids is 2. The van der Waals surface area contributed by atoms with Crippen LogP contribution in [-0.4, -0.2) is 37.4 Å². The van der Waals surface area contributed by atoms with Crippen LogP contribution >= 0.6 is 0 Å². The van der Waals surface area contributed by atoms with Gasteiger partial charge >= 0.3 is 0 Å². The van der Waals surface area contributed by atoms with E-state index in [1.54, 1.807) is 0 Å². The lowest BCUT2D eigenvalue weighted by molar-refractivity contribution is -0.141. The first-order valence-electron chi connectivity index (χ1n) is 7.01. The molecule has 0 radical (unpaired) electrons. The average Bonchev–Trinajstić information content (AvgIpc) is 2.39. The molecule has 4 heteroatoms. The largest absolute Gasteiger partial charge is 0.309 e. The van der Waals surface area contributed by atoms with Gasteiger partial charge < -0.3 is 4.90 Å². The topological polar surface area (TPSA) is 49.4 Å². The van der Waals surface area contributed by atoms with Crippen LogP contribution in [0.4, 0.5) is 0 Å². The molecular weight excluding hydrogens is 252 g/mol. The lowest BCUT2D eigenvalue weighted by atomic mass is 9.65. The van der Waals surface area contributed by atoms with Gasteiger partial charge in [-0.05, 0) is 38.5 Å². The van der Waals surface area contributed by atoms with Gasteiger partial charge in [0.15, 0.2) is 0 Å². The molecule has 4 nitrogen and oxygen atoms in total. The van der Waals surface area contributed by atoms with Gasteiger partial charge in [-0.25, -0.2) is 0 Å². The second kappa shape index (κ2) is 5.75. The fourth-order valence-electron chi connectivity index (χ4n) is 3.02. The average molecular weight is 274 g/mol. The predicted molar refractivity (Wildman–Crippen MR) is 78.2 cm³/mol. The summed E-state index contributed by atoms with van der Waals surface area (Å²) in [5.74, 6) is -0.320. The summed E-state index contributed by atoms with van der Waals surface area (Å²) >= 11 is 0. The van der Waals surface area contributed by atoms with E-state index < -0.39 is 5.41 Å². The number of benzene rings is 1. The fraction of sp³-hybridized carbons (Fsp3) is 0.500. The van der Waals surface area contributed by atoms with Crippen molar-refractivity contribution in [3.63, 3.8) is 0 Å². The normalized spacial score (nSPS) is 26.7. The van der Waals surface area contributed by atoms with Crippen molar-refractivity contribution in [3.8, 4) is 0 Å². The molecule has 0 bridgehead atoms. The molecule has 108 valence electrons. The van der Waals surface area contributed by atoms with E-state index in [1.807, 2.05) is 51.4 Å². The number of carbonyl (C=O) groups is 2. The number of piperidine rings is 1. The van der Waals surface area contributed by atoms with Gasteiger partial charge in [0, 0.05) is 6.42 Å². The fourth-order valence-corrected chi connectivity index (χ4v) is 3.02. The standard InChI is InChI=1S/C16H22N2O2/c1-12-11-14(19)17-15(20)16(12,9-10-18(2)3)13-7-5-4-6-8-13/h4-8,12H,9-11H2,1-3H3,(H,17,19,20). The summed E-state index contributed by atoms with van der Waals surface area (Å²) in [7, 11) is 3.99. The van der Waals surface area contributed by atoms with E-state index in [0.29, 0.717) is 12.8 Å². The zero-order valence-corrected chi connectivity index (χ0v) is 12.3. The Morgan fingerprint density at radius 2 is 1.90 bits per heavy atom. The Bertz CT molecular complexity index is 498. The van der Waals surface area contributed by atoms with E-state index in [2.05, 4.69) is 10.2 Å². The molecule has 1 heterocycles. The Morgan fingerprint density at radius 3 is 2.45 bits per heavy atom. The van der Waals surface area contributed by atoms with Crippen molar-refractivity contribution in [2.75, 3.05) is 20.6 Å². The minimum absolute atomic E-state index is 0.00565. The highest BCUT2D eigenvalue weighted by molar-refractivity contribution is 6.03. The molecule has 1 aliphatic rings. The smallest absolute Gasteiger partial charge is 0.237 e. The number of imide groups is 1. The molecule has 0 spiro atoms. The molecule has 1 aromatic carbocycles. The van der Waals surface area contributed by atoms with Crippen LogP contribution in [0.3, 0.4) is 0 Å². The Labute approximate surface area is 120 Å². The summed E-state index contributed by atoms with van der Waals surface area (Å²) in [5.41, 5.74) is 0.388. The van der Waals surface area contributed by atoms with Crippen LogP contribution in [0.15, 0.2) is 30.3 Å². The Balaban J connectivity index is 2.43. The maximum absolute atomic E-state index is 12.6. The van der Waals surface area contributed by atoms with Crippen molar-refractivity contribution >= 4 is 11.8 Å². The van der Waals surface area contributed by atoms with Crippen molar-refractivity contribution < 1.29 is 9.59 Å². The molecule has 1 aromatic rings. The Kier molecular flexibility index (Phi) is 4.23. The number of amides is 2. The zero-order chi connectivity index (χ0) is 14.8. The molecule has 1 fully saturated rings. The molecule has 0 aliphatic carbocycles. The first kappa shape index (κ1) is 14.7. The third-order valence-electron chi connectivity index (χ3n) is 4.23. The predicted octanol–water partition coefficient (Wildman–Crippen LogP) is 1.56. The van der Waals surface area contributed by atoms with E-state index in [-0.39, 0.29) is 17.7 Å². The summed E-state index contributed by atoms with van der Waals surface area (Å²) in [6.45, 7) is 2.81. The van der Waals surface area contributed by atoms with Crippen LogP contribution in [-0.2, 0) is 15.0 Å². The maximum atomic E-state index is 12.6. The van der Waals surface area contributed by atoms with Crippen LogP contribution in [0.25, 0.3) is 0 Å². The SMILES string of the molecule is CC1CC(=O)NC(=O)C1(CCN(C)C)c1ccccc1. The van der Waals surface area contributed by atoms with Gasteiger partial charge in [0.25, 0.3) is 0 Å².